The van der Waals surface area contributed by atoms with Crippen molar-refractivity contribution in [3.63, 3.8) is 0 Å². The topological polar surface area (TPSA) is 73.4 Å². The van der Waals surface area contributed by atoms with Crippen molar-refractivity contribution in [3.05, 3.63) is 114 Å². The Morgan fingerprint density at radius 2 is 1.19 bits per heavy atom. The maximum atomic E-state index is 10.6. The average Bonchev–Trinajstić information content (AvgIpc) is 2.84. The predicted molar refractivity (Wildman–Crippen MR) is 130 cm³/mol. The molecule has 0 atom stereocenters. The molecule has 0 radical (unpaired) electrons. The predicted octanol–water partition coefficient (Wildman–Crippen LogP) is 6.48. The summed E-state index contributed by atoms with van der Waals surface area (Å²) in [4.78, 5) is 10.6. The van der Waals surface area contributed by atoms with E-state index in [1.807, 2.05) is 54.6 Å². The first-order chi connectivity index (χ1) is 15.7. The highest BCUT2D eigenvalue weighted by Crippen LogP contribution is 2.26. The van der Waals surface area contributed by atoms with Crippen LogP contribution in [0.4, 0.5) is 21.9 Å². The molecule has 0 saturated heterocycles. The highest BCUT2D eigenvalue weighted by atomic mass is 16.4. The SMILES string of the molecule is O=C(O)NCc1ccc(Nc2ccccc2NCc2ccc(-c3ccccc3)cc2)cc1. The van der Waals surface area contributed by atoms with Crippen LogP contribution < -0.4 is 16.0 Å². The standard InChI is InChI=1S/C27H25N3O2/c31-27(32)29-19-21-12-16-24(17-13-21)30-26-9-5-4-8-25(26)28-18-20-10-14-23(15-11-20)22-6-2-1-3-7-22/h1-17,28-30H,18-19H2,(H,31,32). The number of amides is 1. The lowest BCUT2D eigenvalue weighted by molar-refractivity contribution is 0.194. The van der Waals surface area contributed by atoms with Gasteiger partial charge < -0.3 is 21.1 Å². The van der Waals surface area contributed by atoms with Crippen LogP contribution >= 0.6 is 0 Å². The monoisotopic (exact) mass is 423 g/mol. The van der Waals surface area contributed by atoms with Crippen molar-refractivity contribution in [1.82, 2.24) is 5.32 Å². The van der Waals surface area contributed by atoms with Gasteiger partial charge in [0.15, 0.2) is 0 Å². The quantitative estimate of drug-likeness (QED) is 0.262. The Bertz CT molecular complexity index is 1160. The zero-order valence-electron chi connectivity index (χ0n) is 17.6. The smallest absolute Gasteiger partial charge is 0.404 e. The second-order valence-electron chi connectivity index (χ2n) is 7.44. The lowest BCUT2D eigenvalue weighted by Gasteiger charge is -2.14. The van der Waals surface area contributed by atoms with E-state index in [-0.39, 0.29) is 6.54 Å². The molecule has 0 aliphatic heterocycles. The summed E-state index contributed by atoms with van der Waals surface area (Å²) in [7, 11) is 0. The van der Waals surface area contributed by atoms with Gasteiger partial charge >= 0.3 is 6.09 Å². The van der Waals surface area contributed by atoms with Crippen LogP contribution in [0.5, 0.6) is 0 Å². The number of carboxylic acid groups (broad SMARTS) is 1. The van der Waals surface area contributed by atoms with Gasteiger partial charge in [-0.25, -0.2) is 4.79 Å². The number of benzene rings is 4. The maximum Gasteiger partial charge on any atom is 0.404 e. The van der Waals surface area contributed by atoms with Crippen molar-refractivity contribution in [3.8, 4) is 11.1 Å². The van der Waals surface area contributed by atoms with E-state index in [9.17, 15) is 4.79 Å². The van der Waals surface area contributed by atoms with E-state index >= 15 is 0 Å². The van der Waals surface area contributed by atoms with Crippen molar-refractivity contribution < 1.29 is 9.90 Å². The van der Waals surface area contributed by atoms with Gasteiger partial charge in [0.1, 0.15) is 0 Å². The summed E-state index contributed by atoms with van der Waals surface area (Å²) < 4.78 is 0. The number of hydrogen-bond donors (Lipinski definition) is 4. The fourth-order valence-corrected chi connectivity index (χ4v) is 3.43. The molecule has 0 spiro atoms. The molecule has 5 nitrogen and oxygen atoms in total. The Hall–Kier alpha value is -4.25. The molecular weight excluding hydrogens is 398 g/mol. The van der Waals surface area contributed by atoms with Gasteiger partial charge in [-0.2, -0.15) is 0 Å². The number of rotatable bonds is 8. The van der Waals surface area contributed by atoms with Gasteiger partial charge in [-0.05, 0) is 46.5 Å². The summed E-state index contributed by atoms with van der Waals surface area (Å²) in [5.41, 5.74) is 7.45. The van der Waals surface area contributed by atoms with Crippen molar-refractivity contribution in [1.29, 1.82) is 0 Å². The molecule has 32 heavy (non-hydrogen) atoms. The van der Waals surface area contributed by atoms with Gasteiger partial charge in [0.05, 0.1) is 11.4 Å². The first kappa shape index (κ1) is 21.0. The highest BCUT2D eigenvalue weighted by molar-refractivity contribution is 5.74. The zero-order chi connectivity index (χ0) is 22.2. The molecule has 4 N–H and O–H groups in total. The molecule has 160 valence electrons. The number of nitrogens with one attached hydrogen (secondary N) is 3. The van der Waals surface area contributed by atoms with Gasteiger partial charge in [-0.3, -0.25) is 0 Å². The van der Waals surface area contributed by atoms with Crippen LogP contribution in [0.15, 0.2) is 103 Å². The summed E-state index contributed by atoms with van der Waals surface area (Å²) in [5, 5.41) is 18.0. The zero-order valence-corrected chi connectivity index (χ0v) is 17.6. The first-order valence-corrected chi connectivity index (χ1v) is 10.5. The molecular formula is C27H25N3O2. The molecule has 4 rings (SSSR count). The lowest BCUT2D eigenvalue weighted by atomic mass is 10.0. The Labute approximate surface area is 187 Å². The summed E-state index contributed by atoms with van der Waals surface area (Å²) >= 11 is 0. The van der Waals surface area contributed by atoms with Crippen molar-refractivity contribution in [2.75, 3.05) is 10.6 Å². The Kier molecular flexibility index (Phi) is 6.68. The minimum atomic E-state index is -1.03. The first-order valence-electron chi connectivity index (χ1n) is 10.5. The van der Waals surface area contributed by atoms with Crippen LogP contribution in [-0.2, 0) is 13.1 Å². The molecule has 0 saturated carbocycles. The van der Waals surface area contributed by atoms with E-state index in [0.717, 1.165) is 22.6 Å². The molecule has 0 fully saturated rings. The van der Waals surface area contributed by atoms with Crippen molar-refractivity contribution >= 4 is 23.2 Å². The van der Waals surface area contributed by atoms with Gasteiger partial charge in [-0.15, -0.1) is 0 Å². The Morgan fingerprint density at radius 3 is 1.88 bits per heavy atom. The van der Waals surface area contributed by atoms with E-state index in [1.165, 1.54) is 16.7 Å². The second-order valence-corrected chi connectivity index (χ2v) is 7.44. The van der Waals surface area contributed by atoms with Crippen LogP contribution in [0, 0.1) is 0 Å². The molecule has 0 aliphatic carbocycles. The van der Waals surface area contributed by atoms with Crippen molar-refractivity contribution in [2.24, 2.45) is 0 Å². The number of anilines is 3. The molecule has 0 aromatic heterocycles. The molecule has 0 heterocycles. The summed E-state index contributed by atoms with van der Waals surface area (Å²) in [5.74, 6) is 0. The summed E-state index contributed by atoms with van der Waals surface area (Å²) in [6, 6.07) is 34.7. The third-order valence-electron chi connectivity index (χ3n) is 5.15. The fraction of sp³-hybridized carbons (Fsp3) is 0.0741. The van der Waals surface area contributed by atoms with E-state index in [2.05, 4.69) is 64.5 Å². The van der Waals surface area contributed by atoms with Gasteiger partial charge in [-0.1, -0.05) is 78.9 Å². The van der Waals surface area contributed by atoms with Crippen LogP contribution in [0.3, 0.4) is 0 Å². The molecule has 0 aliphatic rings. The average molecular weight is 424 g/mol. The summed E-state index contributed by atoms with van der Waals surface area (Å²) in [6.07, 6.45) is -1.03. The van der Waals surface area contributed by atoms with Gasteiger partial charge in [0.25, 0.3) is 0 Å². The Balaban J connectivity index is 1.39. The molecule has 0 unspecified atom stereocenters. The molecule has 5 heteroatoms. The lowest BCUT2D eigenvalue weighted by Crippen LogP contribution is -2.19. The van der Waals surface area contributed by atoms with Crippen LogP contribution in [0.25, 0.3) is 11.1 Å². The number of hydrogen-bond acceptors (Lipinski definition) is 3. The minimum Gasteiger partial charge on any atom is -0.465 e. The molecule has 1 amide bonds. The molecule has 4 aromatic carbocycles. The van der Waals surface area contributed by atoms with Crippen LogP contribution in [-0.4, -0.2) is 11.2 Å². The fourth-order valence-electron chi connectivity index (χ4n) is 3.43. The van der Waals surface area contributed by atoms with Gasteiger partial charge in [0.2, 0.25) is 0 Å². The second kappa shape index (κ2) is 10.2. The molecule has 0 bridgehead atoms. The Morgan fingerprint density at radius 1 is 0.625 bits per heavy atom. The third kappa shape index (κ3) is 5.67. The normalized spacial score (nSPS) is 10.4. The number of para-hydroxylation sites is 2. The van der Waals surface area contributed by atoms with E-state index in [4.69, 9.17) is 5.11 Å². The summed E-state index contributed by atoms with van der Waals surface area (Å²) in [6.45, 7) is 1.00. The third-order valence-corrected chi connectivity index (χ3v) is 5.15. The minimum absolute atomic E-state index is 0.289. The van der Waals surface area contributed by atoms with E-state index in [0.29, 0.717) is 6.54 Å². The van der Waals surface area contributed by atoms with E-state index in [1.54, 1.807) is 0 Å². The maximum absolute atomic E-state index is 10.6. The number of carbonyl (C=O) groups is 1. The van der Waals surface area contributed by atoms with Gasteiger partial charge in [0, 0.05) is 18.8 Å². The highest BCUT2D eigenvalue weighted by Gasteiger charge is 2.04. The van der Waals surface area contributed by atoms with Crippen LogP contribution in [0.2, 0.25) is 0 Å². The van der Waals surface area contributed by atoms with E-state index < -0.39 is 6.09 Å². The van der Waals surface area contributed by atoms with Crippen LogP contribution in [0.1, 0.15) is 11.1 Å². The molecule has 4 aromatic rings. The van der Waals surface area contributed by atoms with Crippen molar-refractivity contribution in [2.45, 2.75) is 13.1 Å². The largest absolute Gasteiger partial charge is 0.465 e.